The molecule has 0 amide bonds. The molecule has 1 aliphatic rings. The molecule has 0 N–H and O–H groups in total. The molecule has 1 saturated heterocycles. The smallest absolute Gasteiger partial charge is 0.0113 e. The molecule has 0 radical (unpaired) electrons. The minimum Gasteiger partial charge on any atom is -0.301 e. The lowest BCUT2D eigenvalue weighted by molar-refractivity contribution is 0.109. The molecule has 0 saturated carbocycles. The monoisotopic (exact) mass is 200 g/mol. The Morgan fingerprint density at radius 3 is 1.86 bits per heavy atom. The van der Waals surface area contributed by atoms with Gasteiger partial charge in [0.15, 0.2) is 0 Å². The molecule has 1 heterocycles. The molecule has 0 atom stereocenters. The summed E-state index contributed by atoms with van der Waals surface area (Å²) in [5, 5.41) is 0. The lowest BCUT2D eigenvalue weighted by Gasteiger charge is -2.36. The number of piperazine rings is 1. The van der Waals surface area contributed by atoms with Crippen LogP contribution in [0.3, 0.4) is 0 Å². The molecule has 0 aliphatic carbocycles. The van der Waals surface area contributed by atoms with E-state index in [2.05, 4.69) is 30.6 Å². The third-order valence-corrected chi connectivity index (χ3v) is 2.68. The van der Waals surface area contributed by atoms with Crippen LogP contribution in [-0.2, 0) is 0 Å². The fraction of sp³-hybridized carbons (Fsp3) is 1.00. The van der Waals surface area contributed by atoms with E-state index in [0.29, 0.717) is 0 Å². The van der Waals surface area contributed by atoms with Gasteiger partial charge in [-0.25, -0.2) is 0 Å². The van der Waals surface area contributed by atoms with Gasteiger partial charge in [0.2, 0.25) is 0 Å². The number of rotatable bonds is 3. The average Bonchev–Trinajstić information content (AvgIpc) is 2.22. The van der Waals surface area contributed by atoms with Crippen LogP contribution in [0.15, 0.2) is 0 Å². The van der Waals surface area contributed by atoms with Gasteiger partial charge in [-0.3, -0.25) is 4.90 Å². The summed E-state index contributed by atoms with van der Waals surface area (Å²) in [4.78, 5) is 5.13. The van der Waals surface area contributed by atoms with E-state index in [1.807, 2.05) is 13.8 Å². The molecule has 1 rings (SSSR count). The zero-order chi connectivity index (χ0) is 11.0. The van der Waals surface area contributed by atoms with E-state index in [0.717, 1.165) is 6.04 Å². The first-order valence-electron chi connectivity index (χ1n) is 6.20. The van der Waals surface area contributed by atoms with Crippen molar-refractivity contribution in [1.29, 1.82) is 0 Å². The van der Waals surface area contributed by atoms with Crippen molar-refractivity contribution in [2.24, 2.45) is 0 Å². The molecular formula is C12H28N2. The lowest BCUT2D eigenvalue weighted by atomic mass is 10.2. The molecule has 0 unspecified atom stereocenters. The quantitative estimate of drug-likeness (QED) is 0.690. The van der Waals surface area contributed by atoms with Crippen LogP contribution >= 0.6 is 0 Å². The summed E-state index contributed by atoms with van der Waals surface area (Å²) < 4.78 is 0. The van der Waals surface area contributed by atoms with E-state index in [-0.39, 0.29) is 0 Å². The summed E-state index contributed by atoms with van der Waals surface area (Å²) in [5.74, 6) is 0. The molecule has 0 aromatic carbocycles. The molecule has 14 heavy (non-hydrogen) atoms. The van der Waals surface area contributed by atoms with Crippen LogP contribution < -0.4 is 0 Å². The highest BCUT2D eigenvalue weighted by Gasteiger charge is 2.17. The topological polar surface area (TPSA) is 6.48 Å². The third kappa shape index (κ3) is 4.97. The van der Waals surface area contributed by atoms with Crippen molar-refractivity contribution in [3.05, 3.63) is 0 Å². The standard InChI is InChI=1S/C10H22N2.C2H6/c1-4-5-11-6-8-12(9-7-11)10(2)3;1-2/h10H,4-9H2,1-3H3;1-2H3. The molecule has 2 nitrogen and oxygen atoms in total. The summed E-state index contributed by atoms with van der Waals surface area (Å²) in [6.45, 7) is 17.2. The van der Waals surface area contributed by atoms with Crippen molar-refractivity contribution in [2.75, 3.05) is 32.7 Å². The molecule has 2 heteroatoms. The second kappa shape index (κ2) is 8.25. The highest BCUT2D eigenvalue weighted by atomic mass is 15.3. The number of hydrogen-bond acceptors (Lipinski definition) is 2. The number of nitrogens with zero attached hydrogens (tertiary/aromatic N) is 2. The normalized spacial score (nSPS) is 19.3. The minimum atomic E-state index is 0.730. The predicted molar refractivity (Wildman–Crippen MR) is 64.8 cm³/mol. The van der Waals surface area contributed by atoms with Crippen LogP contribution in [0.2, 0.25) is 0 Å². The minimum absolute atomic E-state index is 0.730. The van der Waals surface area contributed by atoms with Crippen LogP contribution in [0.5, 0.6) is 0 Å². The maximum Gasteiger partial charge on any atom is 0.0113 e. The zero-order valence-electron chi connectivity index (χ0n) is 10.7. The van der Waals surface area contributed by atoms with Gasteiger partial charge >= 0.3 is 0 Å². The fourth-order valence-electron chi connectivity index (χ4n) is 1.82. The van der Waals surface area contributed by atoms with Crippen molar-refractivity contribution in [3.8, 4) is 0 Å². The van der Waals surface area contributed by atoms with Crippen molar-refractivity contribution >= 4 is 0 Å². The summed E-state index contributed by atoms with van der Waals surface area (Å²) in [5.41, 5.74) is 0. The van der Waals surface area contributed by atoms with Gasteiger partial charge < -0.3 is 4.90 Å². The van der Waals surface area contributed by atoms with Gasteiger partial charge in [-0.1, -0.05) is 20.8 Å². The van der Waals surface area contributed by atoms with Crippen molar-refractivity contribution < 1.29 is 0 Å². The molecule has 0 aromatic heterocycles. The summed E-state index contributed by atoms with van der Waals surface area (Å²) >= 11 is 0. The van der Waals surface area contributed by atoms with Gasteiger partial charge in [0.1, 0.15) is 0 Å². The molecule has 0 aromatic rings. The Kier molecular flexibility index (Phi) is 8.20. The van der Waals surface area contributed by atoms with Gasteiger partial charge in [0, 0.05) is 32.2 Å². The van der Waals surface area contributed by atoms with Crippen LogP contribution in [0.25, 0.3) is 0 Å². The first-order valence-corrected chi connectivity index (χ1v) is 6.20. The van der Waals surface area contributed by atoms with E-state index >= 15 is 0 Å². The molecule has 86 valence electrons. The maximum absolute atomic E-state index is 2.57. The highest BCUT2D eigenvalue weighted by Crippen LogP contribution is 2.05. The fourth-order valence-corrected chi connectivity index (χ4v) is 1.82. The summed E-state index contributed by atoms with van der Waals surface area (Å²) in [6, 6.07) is 0.730. The Morgan fingerprint density at radius 2 is 1.50 bits per heavy atom. The first-order chi connectivity index (χ1) is 6.74. The molecule has 0 spiro atoms. The van der Waals surface area contributed by atoms with E-state index in [9.17, 15) is 0 Å². The largest absolute Gasteiger partial charge is 0.301 e. The summed E-state index contributed by atoms with van der Waals surface area (Å²) in [7, 11) is 0. The lowest BCUT2D eigenvalue weighted by Crippen LogP contribution is -2.48. The van der Waals surface area contributed by atoms with E-state index in [1.54, 1.807) is 0 Å². The van der Waals surface area contributed by atoms with Gasteiger partial charge in [0.25, 0.3) is 0 Å². The van der Waals surface area contributed by atoms with Crippen molar-refractivity contribution in [1.82, 2.24) is 9.80 Å². The molecule has 0 bridgehead atoms. The molecular weight excluding hydrogens is 172 g/mol. The van der Waals surface area contributed by atoms with Crippen LogP contribution in [0, 0.1) is 0 Å². The van der Waals surface area contributed by atoms with Gasteiger partial charge in [-0.2, -0.15) is 0 Å². The van der Waals surface area contributed by atoms with Crippen LogP contribution in [0.4, 0.5) is 0 Å². The maximum atomic E-state index is 2.57. The second-order valence-electron chi connectivity index (χ2n) is 3.97. The second-order valence-corrected chi connectivity index (χ2v) is 3.97. The Labute approximate surface area is 90.3 Å². The Bertz CT molecular complexity index is 115. The van der Waals surface area contributed by atoms with Gasteiger partial charge in [0.05, 0.1) is 0 Å². The predicted octanol–water partition coefficient (Wildman–Crippen LogP) is 2.45. The van der Waals surface area contributed by atoms with E-state index < -0.39 is 0 Å². The van der Waals surface area contributed by atoms with Crippen LogP contribution in [0.1, 0.15) is 41.0 Å². The average molecular weight is 200 g/mol. The molecule has 1 fully saturated rings. The molecule has 1 aliphatic heterocycles. The van der Waals surface area contributed by atoms with Crippen molar-refractivity contribution in [3.63, 3.8) is 0 Å². The number of hydrogen-bond donors (Lipinski definition) is 0. The zero-order valence-corrected chi connectivity index (χ0v) is 10.7. The van der Waals surface area contributed by atoms with Gasteiger partial charge in [-0.05, 0) is 26.8 Å². The third-order valence-electron chi connectivity index (χ3n) is 2.68. The Balaban J connectivity index is 0.000000791. The SMILES string of the molecule is CC.CCCN1CCN(C(C)C)CC1. The Hall–Kier alpha value is -0.0800. The first kappa shape index (κ1) is 13.9. The summed E-state index contributed by atoms with van der Waals surface area (Å²) in [6.07, 6.45) is 1.29. The van der Waals surface area contributed by atoms with Gasteiger partial charge in [-0.15, -0.1) is 0 Å². The highest BCUT2D eigenvalue weighted by molar-refractivity contribution is 4.73. The van der Waals surface area contributed by atoms with Crippen molar-refractivity contribution in [2.45, 2.75) is 47.1 Å². The Morgan fingerprint density at radius 1 is 1.00 bits per heavy atom. The van der Waals surface area contributed by atoms with E-state index in [4.69, 9.17) is 0 Å². The van der Waals surface area contributed by atoms with E-state index in [1.165, 1.54) is 39.1 Å². The van der Waals surface area contributed by atoms with Crippen LogP contribution in [-0.4, -0.2) is 48.6 Å².